The number of carbonyl (C=O) groups is 1. The van der Waals surface area contributed by atoms with E-state index in [-0.39, 0.29) is 5.91 Å². The molecule has 114 valence electrons. The van der Waals surface area contributed by atoms with Crippen LogP contribution in [0.25, 0.3) is 0 Å². The van der Waals surface area contributed by atoms with Gasteiger partial charge in [0.15, 0.2) is 11.5 Å². The van der Waals surface area contributed by atoms with Crippen LogP contribution in [0.1, 0.15) is 20.8 Å². The molecule has 0 heterocycles. The molecule has 0 aliphatic heterocycles. The zero-order valence-corrected chi connectivity index (χ0v) is 13.1. The molecule has 0 aliphatic carbocycles. The van der Waals surface area contributed by atoms with Gasteiger partial charge in [-0.05, 0) is 26.8 Å². The molecule has 5 nitrogen and oxygen atoms in total. The monoisotopic (exact) mass is 283 g/mol. The van der Waals surface area contributed by atoms with Crippen LogP contribution >= 0.6 is 0 Å². The van der Waals surface area contributed by atoms with Crippen LogP contribution in [-0.2, 0) is 19.0 Å². The normalized spacial score (nSPS) is 11.8. The van der Waals surface area contributed by atoms with Crippen LogP contribution in [0.3, 0.4) is 0 Å². The van der Waals surface area contributed by atoms with Gasteiger partial charge in [-0.1, -0.05) is 6.58 Å². The number of hydrogen-bond donors (Lipinski definition) is 0. The Morgan fingerprint density at radius 1 is 1.00 bits per heavy atom. The van der Waals surface area contributed by atoms with Gasteiger partial charge in [0, 0.05) is 20.2 Å². The molecule has 0 atom stereocenters. The smallest absolute Gasteiger partial charge is 0.246 e. The Bertz CT molecular complexity index is 383. The van der Waals surface area contributed by atoms with Crippen molar-refractivity contribution in [3.05, 3.63) is 36.0 Å². The second-order valence-corrected chi connectivity index (χ2v) is 3.98. The fraction of sp³-hybridized carbons (Fsp3) is 0.533. The summed E-state index contributed by atoms with van der Waals surface area (Å²) in [4.78, 5) is 13.1. The molecule has 0 aromatic heterocycles. The molecule has 0 bridgehead atoms. The van der Waals surface area contributed by atoms with E-state index in [0.717, 1.165) is 0 Å². The van der Waals surface area contributed by atoms with Gasteiger partial charge in [-0.2, -0.15) is 0 Å². The van der Waals surface area contributed by atoms with Gasteiger partial charge in [0.1, 0.15) is 0 Å². The van der Waals surface area contributed by atoms with Gasteiger partial charge in [0.2, 0.25) is 11.7 Å². The molecule has 0 radical (unpaired) electrons. The first-order valence-corrected chi connectivity index (χ1v) is 6.69. The molecule has 0 spiro atoms. The van der Waals surface area contributed by atoms with Crippen molar-refractivity contribution in [1.82, 2.24) is 4.90 Å². The van der Waals surface area contributed by atoms with Gasteiger partial charge < -0.3 is 19.1 Å². The third kappa shape index (κ3) is 6.31. The van der Waals surface area contributed by atoms with E-state index in [0.29, 0.717) is 37.1 Å². The lowest BCUT2D eigenvalue weighted by atomic mass is 10.3. The second kappa shape index (κ2) is 9.95. The lowest BCUT2D eigenvalue weighted by Crippen LogP contribution is -2.19. The summed E-state index contributed by atoms with van der Waals surface area (Å²) in [6, 6.07) is 0. The molecule has 0 fully saturated rings. The van der Waals surface area contributed by atoms with Crippen molar-refractivity contribution in [2.75, 3.05) is 33.9 Å². The maximum atomic E-state index is 11.6. The molecular weight excluding hydrogens is 258 g/mol. The number of hydrogen-bond acceptors (Lipinski definition) is 4. The summed E-state index contributed by atoms with van der Waals surface area (Å²) in [6.45, 7) is 10.8. The van der Waals surface area contributed by atoms with Crippen LogP contribution in [0.4, 0.5) is 0 Å². The average molecular weight is 283 g/mol. The van der Waals surface area contributed by atoms with Crippen molar-refractivity contribution < 1.29 is 19.0 Å². The Morgan fingerprint density at radius 2 is 1.55 bits per heavy atom. The molecular formula is C15H25NO4. The predicted octanol–water partition coefficient (Wildman–Crippen LogP) is 2.47. The van der Waals surface area contributed by atoms with Crippen LogP contribution < -0.4 is 0 Å². The summed E-state index contributed by atoms with van der Waals surface area (Å²) in [5, 5.41) is 0. The van der Waals surface area contributed by atoms with Gasteiger partial charge in [0.25, 0.3) is 0 Å². The molecule has 5 heteroatoms. The van der Waals surface area contributed by atoms with Crippen molar-refractivity contribution in [3.63, 3.8) is 0 Å². The second-order valence-electron chi connectivity index (χ2n) is 3.98. The van der Waals surface area contributed by atoms with Crippen LogP contribution in [0.2, 0.25) is 0 Å². The number of ether oxygens (including phenoxy) is 3. The zero-order chi connectivity index (χ0) is 15.5. The van der Waals surface area contributed by atoms with E-state index < -0.39 is 0 Å². The fourth-order valence-corrected chi connectivity index (χ4v) is 1.31. The van der Waals surface area contributed by atoms with E-state index in [1.807, 2.05) is 20.8 Å². The SMILES string of the molecule is C=C(OCC)C(OCC)=C(C=CC(=O)N(C)C)OCC. The number of rotatable bonds is 9. The maximum absolute atomic E-state index is 11.6. The number of amides is 1. The van der Waals surface area contributed by atoms with Crippen LogP contribution in [0.15, 0.2) is 36.0 Å². The highest BCUT2D eigenvalue weighted by atomic mass is 16.5. The number of carbonyl (C=O) groups excluding carboxylic acids is 1. The summed E-state index contributed by atoms with van der Waals surface area (Å²) in [6.07, 6.45) is 2.99. The number of likely N-dealkylation sites (N-methyl/N-ethyl adjacent to an activating group) is 1. The van der Waals surface area contributed by atoms with Gasteiger partial charge >= 0.3 is 0 Å². The summed E-state index contributed by atoms with van der Waals surface area (Å²) in [5.41, 5.74) is 0. The lowest BCUT2D eigenvalue weighted by Gasteiger charge is -2.16. The topological polar surface area (TPSA) is 48.0 Å². The highest BCUT2D eigenvalue weighted by Crippen LogP contribution is 2.18. The average Bonchev–Trinajstić information content (AvgIpc) is 2.40. The molecule has 0 aromatic rings. The minimum atomic E-state index is -0.139. The molecule has 0 rings (SSSR count). The maximum Gasteiger partial charge on any atom is 0.246 e. The largest absolute Gasteiger partial charge is 0.490 e. The highest BCUT2D eigenvalue weighted by molar-refractivity contribution is 5.87. The van der Waals surface area contributed by atoms with Gasteiger partial charge in [-0.3, -0.25) is 4.79 Å². The third-order valence-electron chi connectivity index (χ3n) is 2.20. The summed E-state index contributed by atoms with van der Waals surface area (Å²) < 4.78 is 16.4. The van der Waals surface area contributed by atoms with Crippen molar-refractivity contribution in [2.45, 2.75) is 20.8 Å². The van der Waals surface area contributed by atoms with E-state index in [1.165, 1.54) is 11.0 Å². The van der Waals surface area contributed by atoms with Crippen molar-refractivity contribution in [3.8, 4) is 0 Å². The van der Waals surface area contributed by atoms with Gasteiger partial charge in [-0.25, -0.2) is 0 Å². The first-order chi connectivity index (χ1) is 9.47. The summed E-state index contributed by atoms with van der Waals surface area (Å²) >= 11 is 0. The summed E-state index contributed by atoms with van der Waals surface area (Å²) in [7, 11) is 3.36. The molecule has 0 aliphatic rings. The summed E-state index contributed by atoms with van der Waals surface area (Å²) in [5.74, 6) is 1.10. The Morgan fingerprint density at radius 3 is 2.00 bits per heavy atom. The number of nitrogens with zero attached hydrogens (tertiary/aromatic N) is 1. The minimum absolute atomic E-state index is 0.139. The van der Waals surface area contributed by atoms with E-state index >= 15 is 0 Å². The molecule has 0 saturated heterocycles. The Kier molecular flexibility index (Phi) is 9.00. The van der Waals surface area contributed by atoms with Crippen molar-refractivity contribution in [1.29, 1.82) is 0 Å². The third-order valence-corrected chi connectivity index (χ3v) is 2.20. The lowest BCUT2D eigenvalue weighted by molar-refractivity contribution is -0.123. The van der Waals surface area contributed by atoms with Crippen molar-refractivity contribution >= 4 is 5.91 Å². The quantitative estimate of drug-likeness (QED) is 0.370. The first-order valence-electron chi connectivity index (χ1n) is 6.69. The first kappa shape index (κ1) is 18.1. The molecule has 20 heavy (non-hydrogen) atoms. The molecule has 0 aromatic carbocycles. The van der Waals surface area contributed by atoms with Gasteiger partial charge in [-0.15, -0.1) is 0 Å². The zero-order valence-electron chi connectivity index (χ0n) is 13.1. The Balaban J connectivity index is 5.34. The molecule has 0 unspecified atom stereocenters. The van der Waals surface area contributed by atoms with Crippen LogP contribution in [0, 0.1) is 0 Å². The standard InChI is InChI=1S/C15H25NO4/c1-7-18-12(4)15(20-9-3)13(19-8-2)10-11-14(17)16(5)6/h10-11H,4,7-9H2,1-3,5-6H3. The van der Waals surface area contributed by atoms with Gasteiger partial charge in [0.05, 0.1) is 19.8 Å². The predicted molar refractivity (Wildman–Crippen MR) is 78.9 cm³/mol. The Labute approximate surface area is 121 Å². The van der Waals surface area contributed by atoms with Crippen molar-refractivity contribution in [2.24, 2.45) is 0 Å². The fourth-order valence-electron chi connectivity index (χ4n) is 1.31. The minimum Gasteiger partial charge on any atom is -0.490 e. The molecule has 0 N–H and O–H groups in total. The van der Waals surface area contributed by atoms with E-state index in [4.69, 9.17) is 14.2 Å². The van der Waals surface area contributed by atoms with Crippen LogP contribution in [-0.4, -0.2) is 44.7 Å². The van der Waals surface area contributed by atoms with E-state index in [2.05, 4.69) is 6.58 Å². The van der Waals surface area contributed by atoms with E-state index in [1.54, 1.807) is 20.2 Å². The van der Waals surface area contributed by atoms with E-state index in [9.17, 15) is 4.79 Å². The number of allylic oxidation sites excluding steroid dienone is 1. The molecule has 1 amide bonds. The van der Waals surface area contributed by atoms with Crippen LogP contribution in [0.5, 0.6) is 0 Å². The molecule has 0 saturated carbocycles. The Hall–Kier alpha value is -1.91. The highest BCUT2D eigenvalue weighted by Gasteiger charge is 2.13.